The van der Waals surface area contributed by atoms with Gasteiger partial charge in [-0.05, 0) is 45.4 Å². The van der Waals surface area contributed by atoms with Crippen molar-refractivity contribution >= 4 is 12.4 Å². The molecule has 0 aromatic heterocycles. The van der Waals surface area contributed by atoms with Crippen molar-refractivity contribution in [1.29, 1.82) is 0 Å². The van der Waals surface area contributed by atoms with E-state index in [-0.39, 0.29) is 17.9 Å². The first-order chi connectivity index (χ1) is 7.96. The van der Waals surface area contributed by atoms with E-state index in [1.54, 1.807) is 7.11 Å². The van der Waals surface area contributed by atoms with Gasteiger partial charge in [0.15, 0.2) is 11.5 Å². The van der Waals surface area contributed by atoms with Crippen molar-refractivity contribution in [3.63, 3.8) is 0 Å². The van der Waals surface area contributed by atoms with Crippen LogP contribution in [-0.2, 0) is 6.54 Å². The molecular weight excluding hydrogens is 250 g/mol. The summed E-state index contributed by atoms with van der Waals surface area (Å²) >= 11 is 0. The highest BCUT2D eigenvalue weighted by molar-refractivity contribution is 5.85. The molecule has 0 aliphatic rings. The van der Waals surface area contributed by atoms with Crippen LogP contribution in [0.3, 0.4) is 0 Å². The second kappa shape index (κ2) is 7.49. The highest BCUT2D eigenvalue weighted by Crippen LogP contribution is 2.28. The van der Waals surface area contributed by atoms with Gasteiger partial charge in [0.25, 0.3) is 0 Å². The molecule has 1 rings (SSSR count). The molecule has 0 heterocycles. The summed E-state index contributed by atoms with van der Waals surface area (Å²) in [6.45, 7) is 9.90. The molecular formula is C14H24ClNO2. The molecule has 1 aromatic carbocycles. The van der Waals surface area contributed by atoms with E-state index in [2.05, 4.69) is 32.2 Å². The average Bonchev–Trinajstić information content (AvgIpc) is 2.27. The first-order valence-electron chi connectivity index (χ1n) is 6.01. The summed E-state index contributed by atoms with van der Waals surface area (Å²) in [5.74, 6) is 1.59. The Hall–Kier alpha value is -0.930. The Bertz CT molecular complexity index is 361. The monoisotopic (exact) mass is 273 g/mol. The van der Waals surface area contributed by atoms with Crippen molar-refractivity contribution in [2.75, 3.05) is 13.7 Å². The SMILES string of the molecule is CCOc1ccc(CNC(C)(C)C)cc1OC.Cl. The van der Waals surface area contributed by atoms with Crippen LogP contribution in [0.4, 0.5) is 0 Å². The third kappa shape index (κ3) is 5.61. The fourth-order valence-corrected chi connectivity index (χ4v) is 1.46. The molecule has 3 nitrogen and oxygen atoms in total. The summed E-state index contributed by atoms with van der Waals surface area (Å²) in [4.78, 5) is 0. The Labute approximate surface area is 116 Å². The van der Waals surface area contributed by atoms with Crippen LogP contribution in [0.15, 0.2) is 18.2 Å². The van der Waals surface area contributed by atoms with Crippen LogP contribution in [-0.4, -0.2) is 19.3 Å². The van der Waals surface area contributed by atoms with Crippen LogP contribution in [0.5, 0.6) is 11.5 Å². The largest absolute Gasteiger partial charge is 0.493 e. The summed E-state index contributed by atoms with van der Waals surface area (Å²) in [5.41, 5.74) is 1.31. The van der Waals surface area contributed by atoms with Crippen molar-refractivity contribution < 1.29 is 9.47 Å². The van der Waals surface area contributed by atoms with Crippen LogP contribution in [0.25, 0.3) is 0 Å². The highest BCUT2D eigenvalue weighted by Gasteiger charge is 2.10. The van der Waals surface area contributed by atoms with Gasteiger partial charge in [-0.3, -0.25) is 0 Å². The molecule has 1 N–H and O–H groups in total. The standard InChI is InChI=1S/C14H23NO2.ClH/c1-6-17-12-8-7-11(9-13(12)16-5)10-15-14(2,3)4;/h7-9,15H,6,10H2,1-5H3;1H. The van der Waals surface area contributed by atoms with Crippen molar-refractivity contribution in [3.8, 4) is 11.5 Å². The second-order valence-corrected chi connectivity index (χ2v) is 5.02. The molecule has 0 saturated heterocycles. The van der Waals surface area contributed by atoms with Crippen LogP contribution in [0.2, 0.25) is 0 Å². The first kappa shape index (κ1) is 17.1. The molecule has 18 heavy (non-hydrogen) atoms. The zero-order valence-corrected chi connectivity index (χ0v) is 12.7. The summed E-state index contributed by atoms with van der Waals surface area (Å²) in [6, 6.07) is 6.04. The molecule has 1 aromatic rings. The lowest BCUT2D eigenvalue weighted by molar-refractivity contribution is 0.310. The molecule has 0 bridgehead atoms. The quantitative estimate of drug-likeness (QED) is 0.892. The number of ether oxygens (including phenoxy) is 2. The van der Waals surface area contributed by atoms with E-state index in [1.807, 2.05) is 19.1 Å². The van der Waals surface area contributed by atoms with Crippen molar-refractivity contribution in [3.05, 3.63) is 23.8 Å². The molecule has 0 spiro atoms. The smallest absolute Gasteiger partial charge is 0.161 e. The zero-order chi connectivity index (χ0) is 12.9. The number of rotatable bonds is 5. The Kier molecular flexibility index (Phi) is 7.11. The number of benzene rings is 1. The third-order valence-electron chi connectivity index (χ3n) is 2.35. The fraction of sp³-hybridized carbons (Fsp3) is 0.571. The molecule has 0 saturated carbocycles. The second-order valence-electron chi connectivity index (χ2n) is 5.02. The van der Waals surface area contributed by atoms with Gasteiger partial charge in [0, 0.05) is 12.1 Å². The van der Waals surface area contributed by atoms with E-state index >= 15 is 0 Å². The minimum Gasteiger partial charge on any atom is -0.493 e. The van der Waals surface area contributed by atoms with E-state index in [4.69, 9.17) is 9.47 Å². The maximum atomic E-state index is 5.48. The van der Waals surface area contributed by atoms with Gasteiger partial charge in [-0.15, -0.1) is 12.4 Å². The molecule has 4 heteroatoms. The number of hydrogen-bond acceptors (Lipinski definition) is 3. The zero-order valence-electron chi connectivity index (χ0n) is 11.9. The van der Waals surface area contributed by atoms with Crippen molar-refractivity contribution in [1.82, 2.24) is 5.32 Å². The lowest BCUT2D eigenvalue weighted by Gasteiger charge is -2.21. The van der Waals surface area contributed by atoms with Gasteiger partial charge in [-0.1, -0.05) is 6.07 Å². The topological polar surface area (TPSA) is 30.5 Å². The van der Waals surface area contributed by atoms with E-state index < -0.39 is 0 Å². The van der Waals surface area contributed by atoms with E-state index in [0.717, 1.165) is 18.0 Å². The predicted octanol–water partition coefficient (Wildman–Crippen LogP) is 3.40. The molecule has 0 aliphatic carbocycles. The van der Waals surface area contributed by atoms with Gasteiger partial charge < -0.3 is 14.8 Å². The van der Waals surface area contributed by atoms with Crippen LogP contribution in [0.1, 0.15) is 33.3 Å². The minimum absolute atomic E-state index is 0. The minimum atomic E-state index is 0. The first-order valence-corrected chi connectivity index (χ1v) is 6.01. The molecule has 104 valence electrons. The molecule has 0 atom stereocenters. The number of methoxy groups -OCH3 is 1. The number of nitrogens with one attached hydrogen (secondary N) is 1. The highest BCUT2D eigenvalue weighted by atomic mass is 35.5. The molecule has 0 radical (unpaired) electrons. The van der Waals surface area contributed by atoms with E-state index in [1.165, 1.54) is 5.56 Å². The summed E-state index contributed by atoms with van der Waals surface area (Å²) in [6.07, 6.45) is 0. The van der Waals surface area contributed by atoms with Crippen molar-refractivity contribution in [2.45, 2.75) is 39.8 Å². The molecule has 0 fully saturated rings. The maximum absolute atomic E-state index is 5.48. The summed E-state index contributed by atoms with van der Waals surface area (Å²) in [5, 5.41) is 3.44. The Balaban J connectivity index is 0.00000289. The van der Waals surface area contributed by atoms with E-state index in [9.17, 15) is 0 Å². The number of halogens is 1. The third-order valence-corrected chi connectivity index (χ3v) is 2.35. The van der Waals surface area contributed by atoms with Crippen LogP contribution in [0, 0.1) is 0 Å². The molecule has 0 aliphatic heterocycles. The normalized spacial score (nSPS) is 10.7. The number of hydrogen-bond donors (Lipinski definition) is 1. The lowest BCUT2D eigenvalue weighted by Crippen LogP contribution is -2.35. The predicted molar refractivity (Wildman–Crippen MR) is 78.0 cm³/mol. The van der Waals surface area contributed by atoms with Gasteiger partial charge in [-0.2, -0.15) is 0 Å². The average molecular weight is 274 g/mol. The van der Waals surface area contributed by atoms with Gasteiger partial charge in [0.1, 0.15) is 0 Å². The van der Waals surface area contributed by atoms with Crippen LogP contribution < -0.4 is 14.8 Å². The summed E-state index contributed by atoms with van der Waals surface area (Å²) < 4.78 is 10.8. The maximum Gasteiger partial charge on any atom is 0.161 e. The van der Waals surface area contributed by atoms with Gasteiger partial charge in [-0.25, -0.2) is 0 Å². The van der Waals surface area contributed by atoms with Crippen LogP contribution >= 0.6 is 12.4 Å². The van der Waals surface area contributed by atoms with Gasteiger partial charge in [0.2, 0.25) is 0 Å². The Morgan fingerprint density at radius 1 is 1.17 bits per heavy atom. The fourth-order valence-electron chi connectivity index (χ4n) is 1.46. The van der Waals surface area contributed by atoms with E-state index in [0.29, 0.717) is 6.61 Å². The molecule has 0 amide bonds. The Morgan fingerprint density at radius 2 is 1.83 bits per heavy atom. The van der Waals surface area contributed by atoms with Gasteiger partial charge in [0.05, 0.1) is 13.7 Å². The van der Waals surface area contributed by atoms with Gasteiger partial charge >= 0.3 is 0 Å². The Morgan fingerprint density at radius 3 is 2.33 bits per heavy atom. The summed E-state index contributed by atoms with van der Waals surface area (Å²) in [7, 11) is 1.67. The van der Waals surface area contributed by atoms with Crippen molar-refractivity contribution in [2.24, 2.45) is 0 Å². The lowest BCUT2D eigenvalue weighted by atomic mass is 10.1. The molecule has 0 unspecified atom stereocenters.